The normalized spacial score (nSPS) is 18.5. The Balaban J connectivity index is 2.11. The Hall–Kier alpha value is -0.0900. The molecule has 1 amide bonds. The number of hydrogen-bond donors (Lipinski definition) is 1. The zero-order valence-electron chi connectivity index (χ0n) is 8.98. The molecule has 1 fully saturated rings. The molecule has 82 valence electrons. The number of carbonyl (C=O) groups excluding carboxylic acids is 1. The highest BCUT2D eigenvalue weighted by molar-refractivity contribution is 9.10. The molecule has 0 saturated carbocycles. The average molecular weight is 263 g/mol. The van der Waals surface area contributed by atoms with E-state index in [-0.39, 0.29) is 5.91 Å². The number of carbonyl (C=O) groups is 1. The molecule has 0 aromatic rings. The van der Waals surface area contributed by atoms with Gasteiger partial charge in [0.05, 0.1) is 4.32 Å². The lowest BCUT2D eigenvalue weighted by molar-refractivity contribution is -0.122. The third-order valence-corrected chi connectivity index (χ3v) is 2.81. The van der Waals surface area contributed by atoms with Gasteiger partial charge in [-0.25, -0.2) is 0 Å². The first-order chi connectivity index (χ1) is 6.50. The smallest absolute Gasteiger partial charge is 0.236 e. The maximum Gasteiger partial charge on any atom is 0.236 e. The second-order valence-electron chi connectivity index (χ2n) is 4.28. The first-order valence-corrected chi connectivity index (χ1v) is 5.99. The SMILES string of the molecule is CC(C)(Br)C(=O)NCCN1CCCC1. The van der Waals surface area contributed by atoms with Crippen LogP contribution in [0.4, 0.5) is 0 Å². The van der Waals surface area contributed by atoms with Crippen molar-refractivity contribution in [2.24, 2.45) is 0 Å². The summed E-state index contributed by atoms with van der Waals surface area (Å²) in [5, 5.41) is 2.92. The van der Waals surface area contributed by atoms with Gasteiger partial charge in [0.15, 0.2) is 0 Å². The number of likely N-dealkylation sites (tertiary alicyclic amines) is 1. The van der Waals surface area contributed by atoms with Crippen molar-refractivity contribution in [1.29, 1.82) is 0 Å². The van der Waals surface area contributed by atoms with E-state index in [9.17, 15) is 4.79 Å². The third-order valence-electron chi connectivity index (χ3n) is 2.45. The maximum absolute atomic E-state index is 11.5. The minimum absolute atomic E-state index is 0.0664. The fraction of sp³-hybridized carbons (Fsp3) is 0.900. The second-order valence-corrected chi connectivity index (χ2v) is 6.26. The van der Waals surface area contributed by atoms with Crippen LogP contribution in [0.1, 0.15) is 26.7 Å². The molecule has 0 aromatic carbocycles. The van der Waals surface area contributed by atoms with Crippen LogP contribution in [0.25, 0.3) is 0 Å². The van der Waals surface area contributed by atoms with Crippen LogP contribution in [0.5, 0.6) is 0 Å². The van der Waals surface area contributed by atoms with Crippen LogP contribution in [-0.2, 0) is 4.79 Å². The maximum atomic E-state index is 11.5. The van der Waals surface area contributed by atoms with Crippen molar-refractivity contribution >= 4 is 21.8 Å². The van der Waals surface area contributed by atoms with E-state index in [1.165, 1.54) is 25.9 Å². The Morgan fingerprint density at radius 1 is 1.43 bits per heavy atom. The van der Waals surface area contributed by atoms with Crippen molar-refractivity contribution in [1.82, 2.24) is 10.2 Å². The largest absolute Gasteiger partial charge is 0.354 e. The average Bonchev–Trinajstić information content (AvgIpc) is 2.55. The molecule has 0 bridgehead atoms. The van der Waals surface area contributed by atoms with Crippen molar-refractivity contribution in [3.63, 3.8) is 0 Å². The van der Waals surface area contributed by atoms with Gasteiger partial charge in [0.25, 0.3) is 0 Å². The Labute approximate surface area is 94.4 Å². The molecule has 0 radical (unpaired) electrons. The van der Waals surface area contributed by atoms with E-state index in [4.69, 9.17) is 0 Å². The topological polar surface area (TPSA) is 32.3 Å². The third kappa shape index (κ3) is 3.96. The molecule has 1 saturated heterocycles. The van der Waals surface area contributed by atoms with E-state index in [2.05, 4.69) is 26.1 Å². The van der Waals surface area contributed by atoms with Gasteiger partial charge in [0.2, 0.25) is 5.91 Å². The highest BCUT2D eigenvalue weighted by Gasteiger charge is 2.23. The monoisotopic (exact) mass is 262 g/mol. The molecule has 1 N–H and O–H groups in total. The van der Waals surface area contributed by atoms with E-state index in [1.54, 1.807) is 0 Å². The summed E-state index contributed by atoms with van der Waals surface area (Å²) < 4.78 is -0.446. The minimum Gasteiger partial charge on any atom is -0.354 e. The molecule has 4 heteroatoms. The van der Waals surface area contributed by atoms with Crippen molar-refractivity contribution in [2.75, 3.05) is 26.2 Å². The van der Waals surface area contributed by atoms with Crippen LogP contribution >= 0.6 is 15.9 Å². The minimum atomic E-state index is -0.446. The summed E-state index contributed by atoms with van der Waals surface area (Å²) in [5.74, 6) is 0.0664. The molecule has 1 aliphatic heterocycles. The van der Waals surface area contributed by atoms with Crippen molar-refractivity contribution < 1.29 is 4.79 Å². The number of nitrogens with one attached hydrogen (secondary N) is 1. The molecule has 0 unspecified atom stereocenters. The van der Waals surface area contributed by atoms with Crippen LogP contribution < -0.4 is 5.32 Å². The van der Waals surface area contributed by atoms with E-state index >= 15 is 0 Å². The Bertz CT molecular complexity index is 195. The van der Waals surface area contributed by atoms with Gasteiger partial charge >= 0.3 is 0 Å². The molecule has 1 rings (SSSR count). The summed E-state index contributed by atoms with van der Waals surface area (Å²) in [4.78, 5) is 13.9. The van der Waals surface area contributed by atoms with Gasteiger partial charge in [-0.15, -0.1) is 0 Å². The summed E-state index contributed by atoms with van der Waals surface area (Å²) in [6, 6.07) is 0. The highest BCUT2D eigenvalue weighted by atomic mass is 79.9. The van der Waals surface area contributed by atoms with Gasteiger partial charge in [-0.1, -0.05) is 15.9 Å². The van der Waals surface area contributed by atoms with E-state index in [1.807, 2.05) is 13.8 Å². The molecule has 1 heterocycles. The second kappa shape index (κ2) is 5.12. The van der Waals surface area contributed by atoms with Crippen LogP contribution in [0.3, 0.4) is 0 Å². The van der Waals surface area contributed by atoms with Crippen LogP contribution in [0, 0.1) is 0 Å². The van der Waals surface area contributed by atoms with Crippen LogP contribution in [0.2, 0.25) is 0 Å². The van der Waals surface area contributed by atoms with Crippen molar-refractivity contribution in [2.45, 2.75) is 31.0 Å². The van der Waals surface area contributed by atoms with Crippen LogP contribution in [0.15, 0.2) is 0 Å². The first-order valence-electron chi connectivity index (χ1n) is 5.20. The van der Waals surface area contributed by atoms with Gasteiger partial charge in [-0.05, 0) is 39.8 Å². The van der Waals surface area contributed by atoms with Gasteiger partial charge in [0.1, 0.15) is 0 Å². The van der Waals surface area contributed by atoms with Gasteiger partial charge in [0, 0.05) is 13.1 Å². The number of amides is 1. The lowest BCUT2D eigenvalue weighted by atomic mass is 10.2. The van der Waals surface area contributed by atoms with Crippen molar-refractivity contribution in [3.05, 3.63) is 0 Å². The molecule has 0 aromatic heterocycles. The Kier molecular flexibility index (Phi) is 4.38. The predicted molar refractivity (Wildman–Crippen MR) is 61.7 cm³/mol. The fourth-order valence-electron chi connectivity index (χ4n) is 1.54. The Morgan fingerprint density at radius 2 is 2.00 bits per heavy atom. The number of nitrogens with zero attached hydrogens (tertiary/aromatic N) is 1. The molecule has 0 atom stereocenters. The van der Waals surface area contributed by atoms with Gasteiger partial charge < -0.3 is 10.2 Å². The van der Waals surface area contributed by atoms with Crippen molar-refractivity contribution in [3.8, 4) is 0 Å². The molecular formula is C10H19BrN2O. The summed E-state index contributed by atoms with van der Waals surface area (Å²) >= 11 is 3.33. The molecule has 0 aliphatic carbocycles. The molecule has 0 spiro atoms. The predicted octanol–water partition coefficient (Wildman–Crippen LogP) is 1.37. The summed E-state index contributed by atoms with van der Waals surface area (Å²) in [5.41, 5.74) is 0. The number of halogens is 1. The standard InChI is InChI=1S/C10H19BrN2O/c1-10(2,11)9(14)12-5-8-13-6-3-4-7-13/h3-8H2,1-2H3,(H,12,14). The quantitative estimate of drug-likeness (QED) is 0.777. The fourth-order valence-corrected chi connectivity index (χ4v) is 1.68. The molecule has 3 nitrogen and oxygen atoms in total. The zero-order chi connectivity index (χ0) is 10.6. The zero-order valence-corrected chi connectivity index (χ0v) is 10.6. The van der Waals surface area contributed by atoms with E-state index < -0.39 is 4.32 Å². The summed E-state index contributed by atoms with van der Waals surface area (Å²) in [6.07, 6.45) is 2.61. The lowest BCUT2D eigenvalue weighted by Crippen LogP contribution is -2.41. The molecule has 14 heavy (non-hydrogen) atoms. The first kappa shape index (κ1) is 12.0. The number of alkyl halides is 1. The molecule has 1 aliphatic rings. The highest BCUT2D eigenvalue weighted by Crippen LogP contribution is 2.15. The van der Waals surface area contributed by atoms with E-state index in [0.717, 1.165) is 13.1 Å². The van der Waals surface area contributed by atoms with Gasteiger partial charge in [-0.3, -0.25) is 4.79 Å². The summed E-state index contributed by atoms with van der Waals surface area (Å²) in [6.45, 7) is 7.83. The molecular weight excluding hydrogens is 244 g/mol. The number of rotatable bonds is 4. The summed E-state index contributed by atoms with van der Waals surface area (Å²) in [7, 11) is 0. The lowest BCUT2D eigenvalue weighted by Gasteiger charge is -2.18. The number of hydrogen-bond acceptors (Lipinski definition) is 2. The van der Waals surface area contributed by atoms with Gasteiger partial charge in [-0.2, -0.15) is 0 Å². The van der Waals surface area contributed by atoms with E-state index in [0.29, 0.717) is 0 Å². The Morgan fingerprint density at radius 3 is 2.50 bits per heavy atom. The van der Waals surface area contributed by atoms with Crippen LogP contribution in [-0.4, -0.2) is 41.3 Å².